The molecule has 0 bridgehead atoms. The van der Waals surface area contributed by atoms with Crippen LogP contribution in [0.1, 0.15) is 6.42 Å². The van der Waals surface area contributed by atoms with E-state index >= 15 is 0 Å². The molecule has 0 aromatic heterocycles. The van der Waals surface area contributed by atoms with Gasteiger partial charge in [0, 0.05) is 6.42 Å². The van der Waals surface area contributed by atoms with Crippen molar-refractivity contribution in [2.45, 2.75) is 24.7 Å². The van der Waals surface area contributed by atoms with Crippen LogP contribution in [0.2, 0.25) is 0 Å². The van der Waals surface area contributed by atoms with Gasteiger partial charge in [0.2, 0.25) is 0 Å². The zero-order valence-corrected chi connectivity index (χ0v) is 6.25. The lowest BCUT2D eigenvalue weighted by Crippen LogP contribution is -2.41. The summed E-state index contributed by atoms with van der Waals surface area (Å²) in [7, 11) is 0. The summed E-state index contributed by atoms with van der Waals surface area (Å²) in [4.78, 5) is 9.93. The van der Waals surface area contributed by atoms with Gasteiger partial charge in [-0.1, -0.05) is 0 Å². The minimum atomic E-state index is -1.83. The van der Waals surface area contributed by atoms with E-state index in [4.69, 9.17) is 20.4 Å². The van der Waals surface area contributed by atoms with Gasteiger partial charge in [-0.05, 0) is 0 Å². The van der Waals surface area contributed by atoms with Crippen molar-refractivity contribution in [1.82, 2.24) is 0 Å². The van der Waals surface area contributed by atoms with Gasteiger partial charge in [-0.25, -0.2) is 0 Å². The van der Waals surface area contributed by atoms with Gasteiger partial charge < -0.3 is 30.3 Å². The topological polar surface area (TPSA) is 121 Å². The van der Waals surface area contributed by atoms with Crippen molar-refractivity contribution < 1.29 is 30.3 Å². The Morgan fingerprint density at radius 3 is 2.08 bits per heavy atom. The van der Waals surface area contributed by atoms with Gasteiger partial charge in [-0.3, -0.25) is 0 Å². The fourth-order valence-corrected chi connectivity index (χ4v) is 0.604. The zero-order chi connectivity index (χ0) is 9.72. The summed E-state index contributed by atoms with van der Waals surface area (Å²) in [5, 5.41) is 44.5. The highest BCUT2D eigenvalue weighted by Crippen LogP contribution is 2.02. The molecule has 0 aromatic rings. The molecule has 0 spiro atoms. The van der Waals surface area contributed by atoms with Gasteiger partial charge in [0.25, 0.3) is 0 Å². The maximum atomic E-state index is 9.93. The number of aliphatic carboxylic acids is 1. The first-order valence-corrected chi connectivity index (χ1v) is 3.35. The van der Waals surface area contributed by atoms with Crippen molar-refractivity contribution in [3.63, 3.8) is 0 Å². The van der Waals surface area contributed by atoms with Crippen LogP contribution in [0.4, 0.5) is 0 Å². The second-order valence-electron chi connectivity index (χ2n) is 2.39. The third kappa shape index (κ3) is 3.63. The lowest BCUT2D eigenvalue weighted by Gasteiger charge is -2.19. The van der Waals surface area contributed by atoms with Crippen molar-refractivity contribution >= 4 is 5.97 Å². The van der Waals surface area contributed by atoms with Crippen LogP contribution in [0, 0.1) is 0 Å². The number of carboxylic acid groups (broad SMARTS) is 1. The number of aliphatic hydroxyl groups is 4. The molecule has 0 amide bonds. The van der Waals surface area contributed by atoms with E-state index in [-0.39, 0.29) is 0 Å². The number of carboxylic acids is 1. The molecule has 0 unspecified atom stereocenters. The van der Waals surface area contributed by atoms with Crippen molar-refractivity contribution in [3.05, 3.63) is 0 Å². The normalized spacial score (nSPS) is 18.3. The Morgan fingerprint density at radius 1 is 1.25 bits per heavy atom. The van der Waals surface area contributed by atoms with Gasteiger partial charge in [-0.15, -0.1) is 0 Å². The van der Waals surface area contributed by atoms with E-state index in [0.717, 1.165) is 0 Å². The molecule has 12 heavy (non-hydrogen) atoms. The maximum Gasteiger partial charge on any atom is 0.103 e. The fraction of sp³-hybridized carbons (Fsp3) is 0.833. The van der Waals surface area contributed by atoms with Crippen LogP contribution in [0.25, 0.3) is 0 Å². The lowest BCUT2D eigenvalue weighted by molar-refractivity contribution is -0.316. The predicted molar refractivity (Wildman–Crippen MR) is 34.7 cm³/mol. The van der Waals surface area contributed by atoms with Gasteiger partial charge in [0.15, 0.2) is 0 Å². The van der Waals surface area contributed by atoms with Crippen LogP contribution in [0.3, 0.4) is 0 Å². The Morgan fingerprint density at radius 2 is 1.75 bits per heavy atom. The molecular formula is C6H11O6-. The Hall–Kier alpha value is -0.690. The number of hydrogen-bond acceptors (Lipinski definition) is 6. The molecule has 0 aliphatic rings. The van der Waals surface area contributed by atoms with Crippen molar-refractivity contribution in [2.24, 2.45) is 0 Å². The Labute approximate surface area is 68.7 Å². The minimum Gasteiger partial charge on any atom is -0.547 e. The fourth-order valence-electron chi connectivity index (χ4n) is 0.604. The largest absolute Gasteiger partial charge is 0.547 e. The summed E-state index contributed by atoms with van der Waals surface area (Å²) in [6.45, 7) is -0.694. The molecule has 3 atom stereocenters. The van der Waals surface area contributed by atoms with E-state index in [2.05, 4.69) is 0 Å². The van der Waals surface area contributed by atoms with Crippen LogP contribution >= 0.6 is 0 Å². The molecule has 4 N–H and O–H groups in total. The van der Waals surface area contributed by atoms with Crippen LogP contribution in [0.15, 0.2) is 0 Å². The molecule has 6 heteroatoms. The van der Waals surface area contributed by atoms with Crippen LogP contribution in [-0.4, -0.2) is 51.3 Å². The first kappa shape index (κ1) is 11.3. The van der Waals surface area contributed by atoms with Gasteiger partial charge in [0.05, 0.1) is 24.8 Å². The Kier molecular flexibility index (Phi) is 4.75. The SMILES string of the molecule is O=C([O-])[C@H](O)C[C@H](O)[C@@H](O)CO. The van der Waals surface area contributed by atoms with E-state index < -0.39 is 37.3 Å². The molecule has 72 valence electrons. The lowest BCUT2D eigenvalue weighted by atomic mass is 10.1. The third-order valence-corrected chi connectivity index (χ3v) is 1.37. The third-order valence-electron chi connectivity index (χ3n) is 1.37. The highest BCUT2D eigenvalue weighted by molar-refractivity contribution is 5.69. The number of carbonyl (C=O) groups is 1. The molecule has 0 fully saturated rings. The Bertz CT molecular complexity index is 147. The predicted octanol–water partition coefficient (Wildman–Crippen LogP) is -3.80. The second-order valence-corrected chi connectivity index (χ2v) is 2.39. The number of carbonyl (C=O) groups excluding carboxylic acids is 1. The van der Waals surface area contributed by atoms with Crippen LogP contribution in [-0.2, 0) is 4.79 Å². The van der Waals surface area contributed by atoms with E-state index in [1.54, 1.807) is 0 Å². The average Bonchev–Trinajstić information content (AvgIpc) is 2.02. The molecule has 0 rings (SSSR count). The minimum absolute atomic E-state index is 0.565. The summed E-state index contributed by atoms with van der Waals surface area (Å²) in [6, 6.07) is 0. The molecule has 0 radical (unpaired) electrons. The van der Waals surface area contributed by atoms with Crippen molar-refractivity contribution in [1.29, 1.82) is 0 Å². The summed E-state index contributed by atoms with van der Waals surface area (Å²) in [5.41, 5.74) is 0. The first-order chi connectivity index (χ1) is 5.49. The van der Waals surface area contributed by atoms with E-state index in [0.29, 0.717) is 0 Å². The number of hydrogen-bond donors (Lipinski definition) is 4. The van der Waals surface area contributed by atoms with E-state index in [9.17, 15) is 9.90 Å². The smallest absolute Gasteiger partial charge is 0.103 e. The summed E-state index contributed by atoms with van der Waals surface area (Å²) >= 11 is 0. The van der Waals surface area contributed by atoms with Gasteiger partial charge in [-0.2, -0.15) is 0 Å². The molecule has 0 aliphatic carbocycles. The van der Waals surface area contributed by atoms with Crippen molar-refractivity contribution in [3.8, 4) is 0 Å². The summed E-state index contributed by atoms with van der Waals surface area (Å²) in [6.07, 6.45) is -5.31. The molecule has 0 aliphatic heterocycles. The number of rotatable bonds is 5. The standard InChI is InChI=1S/C6H12O6/c7-2-5(10)3(8)1-4(9)6(11)12/h3-5,7-10H,1-2H2,(H,11,12)/p-1/t3-,4+,5-/m0/s1. The first-order valence-electron chi connectivity index (χ1n) is 3.35. The van der Waals surface area contributed by atoms with Crippen molar-refractivity contribution in [2.75, 3.05) is 6.61 Å². The zero-order valence-electron chi connectivity index (χ0n) is 6.25. The quantitative estimate of drug-likeness (QED) is 0.343. The van der Waals surface area contributed by atoms with E-state index in [1.165, 1.54) is 0 Å². The molecular weight excluding hydrogens is 168 g/mol. The Balaban J connectivity index is 3.83. The van der Waals surface area contributed by atoms with Crippen LogP contribution in [0.5, 0.6) is 0 Å². The molecule has 0 saturated carbocycles. The van der Waals surface area contributed by atoms with E-state index in [1.807, 2.05) is 0 Å². The molecule has 6 nitrogen and oxygen atoms in total. The number of aliphatic hydroxyl groups excluding tert-OH is 4. The summed E-state index contributed by atoms with van der Waals surface area (Å²) in [5.74, 6) is -1.72. The highest BCUT2D eigenvalue weighted by Gasteiger charge is 2.19. The monoisotopic (exact) mass is 179 g/mol. The van der Waals surface area contributed by atoms with Crippen LogP contribution < -0.4 is 5.11 Å². The molecule has 0 saturated heterocycles. The average molecular weight is 179 g/mol. The maximum absolute atomic E-state index is 9.93. The van der Waals surface area contributed by atoms with Gasteiger partial charge >= 0.3 is 0 Å². The highest BCUT2D eigenvalue weighted by atomic mass is 16.4. The van der Waals surface area contributed by atoms with Gasteiger partial charge in [0.1, 0.15) is 6.10 Å². The summed E-state index contributed by atoms with van der Waals surface area (Å²) < 4.78 is 0. The molecule has 0 heterocycles. The molecule has 0 aromatic carbocycles. The second kappa shape index (κ2) is 5.04.